The molecule has 2 aliphatic carbocycles. The van der Waals surface area contributed by atoms with Gasteiger partial charge in [-0.1, -0.05) is 26.2 Å². The van der Waals surface area contributed by atoms with Crippen molar-refractivity contribution in [2.24, 2.45) is 11.8 Å². The van der Waals surface area contributed by atoms with Gasteiger partial charge in [-0.15, -0.1) is 11.3 Å². The third-order valence-corrected chi connectivity index (χ3v) is 6.47. The van der Waals surface area contributed by atoms with Crippen LogP contribution in [0.1, 0.15) is 65.6 Å². The van der Waals surface area contributed by atoms with Gasteiger partial charge in [0, 0.05) is 23.9 Å². The van der Waals surface area contributed by atoms with Crippen LogP contribution in [0, 0.1) is 11.8 Å². The average molecular weight is 349 g/mol. The topological polar surface area (TPSA) is 58.2 Å². The minimum Gasteiger partial charge on any atom is -0.354 e. The van der Waals surface area contributed by atoms with Gasteiger partial charge >= 0.3 is 0 Å². The molecule has 2 amide bonds. The molecule has 5 heteroatoms. The van der Waals surface area contributed by atoms with E-state index in [9.17, 15) is 9.59 Å². The Morgan fingerprint density at radius 2 is 1.88 bits per heavy atom. The van der Waals surface area contributed by atoms with Gasteiger partial charge in [-0.2, -0.15) is 0 Å². The van der Waals surface area contributed by atoms with Gasteiger partial charge in [0.15, 0.2) is 0 Å². The Bertz CT molecular complexity index is 590. The van der Waals surface area contributed by atoms with Crippen molar-refractivity contribution in [3.63, 3.8) is 0 Å². The van der Waals surface area contributed by atoms with Crippen molar-refractivity contribution in [2.75, 3.05) is 13.1 Å². The summed E-state index contributed by atoms with van der Waals surface area (Å²) in [6.07, 6.45) is 9.02. The van der Waals surface area contributed by atoms with E-state index in [2.05, 4.69) is 23.6 Å². The van der Waals surface area contributed by atoms with E-state index >= 15 is 0 Å². The summed E-state index contributed by atoms with van der Waals surface area (Å²) in [4.78, 5) is 26.5. The predicted molar refractivity (Wildman–Crippen MR) is 97.4 cm³/mol. The van der Waals surface area contributed by atoms with Crippen LogP contribution < -0.4 is 10.6 Å². The molecule has 2 aliphatic rings. The Kier molecular flexibility index (Phi) is 5.93. The van der Waals surface area contributed by atoms with E-state index in [0.717, 1.165) is 49.3 Å². The Morgan fingerprint density at radius 3 is 2.67 bits per heavy atom. The van der Waals surface area contributed by atoms with Crippen LogP contribution in [0.2, 0.25) is 0 Å². The van der Waals surface area contributed by atoms with Crippen LogP contribution in [0.4, 0.5) is 0 Å². The van der Waals surface area contributed by atoms with Gasteiger partial charge in [0.05, 0.1) is 4.88 Å². The normalized spacial score (nSPS) is 21.1. The second-order valence-electron chi connectivity index (χ2n) is 7.29. The van der Waals surface area contributed by atoms with Crippen molar-refractivity contribution in [3.8, 4) is 0 Å². The SMILES string of the molecule is CC1CCc2sc(C(=O)NCCNC(=O)C3CCCCC3)cc2C1. The predicted octanol–water partition coefficient (Wildman–Crippen LogP) is 3.30. The second kappa shape index (κ2) is 8.15. The number of thiophene rings is 1. The van der Waals surface area contributed by atoms with E-state index in [1.165, 1.54) is 23.3 Å². The molecule has 1 unspecified atom stereocenters. The van der Waals surface area contributed by atoms with Crippen LogP contribution >= 0.6 is 11.3 Å². The number of hydrogen-bond acceptors (Lipinski definition) is 3. The van der Waals surface area contributed by atoms with Crippen LogP contribution in [0.25, 0.3) is 0 Å². The first-order valence-electron chi connectivity index (χ1n) is 9.31. The fraction of sp³-hybridized carbons (Fsp3) is 0.684. The molecule has 0 spiro atoms. The molecule has 1 fully saturated rings. The van der Waals surface area contributed by atoms with Crippen molar-refractivity contribution < 1.29 is 9.59 Å². The Morgan fingerprint density at radius 1 is 1.12 bits per heavy atom. The number of hydrogen-bond donors (Lipinski definition) is 2. The molecule has 1 atom stereocenters. The highest BCUT2D eigenvalue weighted by molar-refractivity contribution is 7.14. The summed E-state index contributed by atoms with van der Waals surface area (Å²) >= 11 is 1.63. The summed E-state index contributed by atoms with van der Waals surface area (Å²) in [5, 5.41) is 5.90. The maximum Gasteiger partial charge on any atom is 0.261 e. The van der Waals surface area contributed by atoms with Crippen molar-refractivity contribution >= 4 is 23.2 Å². The minimum atomic E-state index is -0.00558. The first kappa shape index (κ1) is 17.5. The summed E-state index contributed by atoms with van der Waals surface area (Å²) in [6, 6.07) is 2.06. The molecule has 3 rings (SSSR count). The molecule has 4 nitrogen and oxygen atoms in total. The highest BCUT2D eigenvalue weighted by Crippen LogP contribution is 2.32. The number of carbonyl (C=O) groups excluding carboxylic acids is 2. The fourth-order valence-electron chi connectivity index (χ4n) is 3.78. The van der Waals surface area contributed by atoms with Crippen molar-refractivity contribution in [1.29, 1.82) is 0 Å². The molecule has 0 saturated heterocycles. The first-order valence-corrected chi connectivity index (χ1v) is 10.1. The lowest BCUT2D eigenvalue weighted by Gasteiger charge is -2.20. The van der Waals surface area contributed by atoms with Crippen molar-refractivity contribution in [3.05, 3.63) is 21.4 Å². The average Bonchev–Trinajstić information content (AvgIpc) is 3.02. The summed E-state index contributed by atoms with van der Waals surface area (Å²) in [5.41, 5.74) is 1.36. The number of aryl methyl sites for hydroxylation is 1. The van der Waals surface area contributed by atoms with Crippen LogP contribution in [0.5, 0.6) is 0 Å². The zero-order chi connectivity index (χ0) is 16.9. The highest BCUT2D eigenvalue weighted by Gasteiger charge is 2.22. The van der Waals surface area contributed by atoms with E-state index in [1.54, 1.807) is 11.3 Å². The summed E-state index contributed by atoms with van der Waals surface area (Å²) in [7, 11) is 0. The molecule has 0 aromatic carbocycles. The van der Waals surface area contributed by atoms with Crippen LogP contribution in [0.3, 0.4) is 0 Å². The molecule has 1 aromatic heterocycles. The third kappa shape index (κ3) is 4.38. The van der Waals surface area contributed by atoms with Crippen molar-refractivity contribution in [1.82, 2.24) is 10.6 Å². The van der Waals surface area contributed by atoms with E-state index in [4.69, 9.17) is 0 Å². The monoisotopic (exact) mass is 348 g/mol. The smallest absolute Gasteiger partial charge is 0.261 e. The van der Waals surface area contributed by atoms with E-state index in [0.29, 0.717) is 13.1 Å². The van der Waals surface area contributed by atoms with Gasteiger partial charge in [-0.25, -0.2) is 0 Å². The Balaban J connectivity index is 1.40. The summed E-state index contributed by atoms with van der Waals surface area (Å²) < 4.78 is 0. The molecule has 0 radical (unpaired) electrons. The lowest BCUT2D eigenvalue weighted by atomic mass is 9.89. The zero-order valence-electron chi connectivity index (χ0n) is 14.5. The maximum absolute atomic E-state index is 12.3. The van der Waals surface area contributed by atoms with Gasteiger partial charge in [-0.3, -0.25) is 9.59 Å². The quantitative estimate of drug-likeness (QED) is 0.802. The van der Waals surface area contributed by atoms with E-state index < -0.39 is 0 Å². The zero-order valence-corrected chi connectivity index (χ0v) is 15.3. The van der Waals surface area contributed by atoms with E-state index in [1.807, 2.05) is 0 Å². The molecular formula is C19H28N2O2S. The first-order chi connectivity index (χ1) is 11.6. The van der Waals surface area contributed by atoms with E-state index in [-0.39, 0.29) is 17.7 Å². The van der Waals surface area contributed by atoms with Crippen LogP contribution in [-0.2, 0) is 17.6 Å². The summed E-state index contributed by atoms with van der Waals surface area (Å²) in [5.74, 6) is 1.05. The molecule has 0 bridgehead atoms. The fourth-order valence-corrected chi connectivity index (χ4v) is 4.90. The van der Waals surface area contributed by atoms with Gasteiger partial charge < -0.3 is 10.6 Å². The molecule has 1 aromatic rings. The molecule has 1 saturated carbocycles. The number of amides is 2. The molecular weight excluding hydrogens is 320 g/mol. The number of nitrogens with one attached hydrogen (secondary N) is 2. The molecule has 1 heterocycles. The minimum absolute atomic E-state index is 0.00558. The van der Waals surface area contributed by atoms with Gasteiger partial charge in [0.1, 0.15) is 0 Å². The molecule has 132 valence electrons. The van der Waals surface area contributed by atoms with Gasteiger partial charge in [0.2, 0.25) is 5.91 Å². The lowest BCUT2D eigenvalue weighted by molar-refractivity contribution is -0.125. The maximum atomic E-state index is 12.3. The van der Waals surface area contributed by atoms with Gasteiger partial charge in [-0.05, 0) is 49.7 Å². The van der Waals surface area contributed by atoms with Crippen LogP contribution in [0.15, 0.2) is 6.07 Å². The number of fused-ring (bicyclic) bond motifs is 1. The number of carbonyl (C=O) groups is 2. The highest BCUT2D eigenvalue weighted by atomic mass is 32.1. The molecule has 2 N–H and O–H groups in total. The second-order valence-corrected chi connectivity index (χ2v) is 8.43. The van der Waals surface area contributed by atoms with Crippen molar-refractivity contribution in [2.45, 2.75) is 58.3 Å². The number of rotatable bonds is 5. The Hall–Kier alpha value is -1.36. The third-order valence-electron chi connectivity index (χ3n) is 5.24. The summed E-state index contributed by atoms with van der Waals surface area (Å²) in [6.45, 7) is 3.29. The van der Waals surface area contributed by atoms with Gasteiger partial charge in [0.25, 0.3) is 5.91 Å². The Labute approximate surface area is 148 Å². The standard InChI is InChI=1S/C19H28N2O2S/c1-13-7-8-16-15(11-13)12-17(24-16)19(23)21-10-9-20-18(22)14-5-3-2-4-6-14/h12-14H,2-11H2,1H3,(H,20,22)(H,21,23). The molecule has 24 heavy (non-hydrogen) atoms. The lowest BCUT2D eigenvalue weighted by Crippen LogP contribution is -2.38. The molecule has 0 aliphatic heterocycles. The largest absolute Gasteiger partial charge is 0.354 e. The van der Waals surface area contributed by atoms with Crippen LogP contribution in [-0.4, -0.2) is 24.9 Å².